The second kappa shape index (κ2) is 11.3. The minimum absolute atomic E-state index is 0.0273. The average Bonchev–Trinajstić information content (AvgIpc) is 3.33. The normalized spacial score (nSPS) is 19.2. The number of likely N-dealkylation sites (N-methyl/N-ethyl adjacent to an activating group) is 1. The van der Waals surface area contributed by atoms with E-state index in [1.807, 2.05) is 18.6 Å². The van der Waals surface area contributed by atoms with Crippen LogP contribution in [0.5, 0.6) is 5.75 Å². The molecule has 1 saturated heterocycles. The molecule has 0 bridgehead atoms. The summed E-state index contributed by atoms with van der Waals surface area (Å²) in [4.78, 5) is 37.8. The molecule has 12 heteroatoms. The lowest BCUT2D eigenvalue weighted by Gasteiger charge is -2.34. The molecule has 3 aliphatic rings. The summed E-state index contributed by atoms with van der Waals surface area (Å²) in [5, 5.41) is 7.82. The molecule has 2 fully saturated rings. The van der Waals surface area contributed by atoms with Crippen molar-refractivity contribution in [3.8, 4) is 5.75 Å². The van der Waals surface area contributed by atoms with Crippen LogP contribution < -0.4 is 20.7 Å². The van der Waals surface area contributed by atoms with Gasteiger partial charge in [0.25, 0.3) is 5.91 Å². The number of hydrogen-bond donors (Lipinski definition) is 2. The van der Waals surface area contributed by atoms with E-state index in [0.717, 1.165) is 48.4 Å². The first-order chi connectivity index (χ1) is 19.8. The van der Waals surface area contributed by atoms with E-state index in [-0.39, 0.29) is 17.9 Å². The second-order valence-electron chi connectivity index (χ2n) is 11.5. The zero-order valence-corrected chi connectivity index (χ0v) is 24.7. The van der Waals surface area contributed by atoms with Crippen molar-refractivity contribution in [2.45, 2.75) is 44.6 Å². The molecular weight excluding hydrogens is 540 g/mol. The fourth-order valence-corrected chi connectivity index (χ4v) is 6.80. The number of carbonyl (C=O) groups excluding carboxylic acids is 2. The number of nitrogens with two attached hydrogens (primary N) is 1. The van der Waals surface area contributed by atoms with Gasteiger partial charge in [-0.1, -0.05) is 6.08 Å². The number of carbonyl (C=O) groups is 2. The highest BCUT2D eigenvalue weighted by Crippen LogP contribution is 2.46. The lowest BCUT2D eigenvalue weighted by atomic mass is 10.0. The van der Waals surface area contributed by atoms with Gasteiger partial charge in [0.05, 0.1) is 11.4 Å². The maximum absolute atomic E-state index is 13.6. The van der Waals surface area contributed by atoms with Crippen LogP contribution in [0.2, 0.25) is 0 Å². The number of fused-ring (bicyclic) bond motifs is 1. The highest BCUT2D eigenvalue weighted by molar-refractivity contribution is 7.14. The number of nitrogens with one attached hydrogen (secondary N) is 1. The van der Waals surface area contributed by atoms with E-state index in [4.69, 9.17) is 10.5 Å². The van der Waals surface area contributed by atoms with Crippen LogP contribution in [-0.2, 0) is 4.79 Å². The number of hydrogen-bond acceptors (Lipinski definition) is 9. The summed E-state index contributed by atoms with van der Waals surface area (Å²) in [6, 6.07) is 4.14. The van der Waals surface area contributed by atoms with Gasteiger partial charge in [-0.15, -0.1) is 11.3 Å². The Bertz CT molecular complexity index is 1490. The molecule has 0 aromatic carbocycles. The molecule has 0 spiro atoms. The van der Waals surface area contributed by atoms with Crippen molar-refractivity contribution in [1.82, 2.24) is 29.7 Å². The van der Waals surface area contributed by atoms with Crippen molar-refractivity contribution in [2.75, 3.05) is 64.1 Å². The molecule has 0 radical (unpaired) electrons. The first-order valence-electron chi connectivity index (χ1n) is 14.3. The van der Waals surface area contributed by atoms with Gasteiger partial charge < -0.3 is 30.5 Å². The first kappa shape index (κ1) is 27.5. The average molecular weight is 579 g/mol. The monoisotopic (exact) mass is 578 g/mol. The molecule has 11 nitrogen and oxygen atoms in total. The molecule has 1 saturated carbocycles. The van der Waals surface area contributed by atoms with Gasteiger partial charge >= 0.3 is 0 Å². The first-order valence-corrected chi connectivity index (χ1v) is 15.1. The number of nitrogens with zero attached hydrogens (tertiary/aromatic N) is 6. The largest absolute Gasteiger partial charge is 0.491 e. The van der Waals surface area contributed by atoms with Crippen LogP contribution in [-0.4, -0.2) is 95.7 Å². The Morgan fingerprint density at radius 2 is 2.07 bits per heavy atom. The molecular formula is C29H38N8O3S. The molecule has 2 amide bonds. The van der Waals surface area contributed by atoms with E-state index in [1.165, 1.54) is 24.0 Å². The molecule has 218 valence electrons. The molecule has 5 heterocycles. The van der Waals surface area contributed by atoms with Crippen LogP contribution in [0.3, 0.4) is 0 Å². The Hall–Kier alpha value is -3.64. The molecule has 3 aromatic rings. The number of thiophene rings is 1. The van der Waals surface area contributed by atoms with Crippen molar-refractivity contribution >= 4 is 45.7 Å². The van der Waals surface area contributed by atoms with Gasteiger partial charge in [-0.25, -0.2) is 9.50 Å². The fraction of sp³-hybridized carbons (Fsp3) is 0.517. The maximum Gasteiger partial charge on any atom is 0.265 e. The molecule has 0 unspecified atom stereocenters. The van der Waals surface area contributed by atoms with Crippen LogP contribution in [0.25, 0.3) is 11.1 Å². The van der Waals surface area contributed by atoms with Crippen molar-refractivity contribution in [1.29, 1.82) is 0 Å². The molecule has 41 heavy (non-hydrogen) atoms. The van der Waals surface area contributed by atoms with E-state index in [9.17, 15) is 9.59 Å². The summed E-state index contributed by atoms with van der Waals surface area (Å²) in [5.41, 5.74) is 10.0. The Kier molecular flexibility index (Phi) is 7.60. The summed E-state index contributed by atoms with van der Waals surface area (Å²) in [5.74, 6) is 1.63. The molecule has 1 atom stereocenters. The van der Waals surface area contributed by atoms with E-state index >= 15 is 0 Å². The highest BCUT2D eigenvalue weighted by atomic mass is 32.1. The molecule has 1 aliphatic carbocycles. The molecule has 2 aliphatic heterocycles. The number of amides is 2. The summed E-state index contributed by atoms with van der Waals surface area (Å²) >= 11 is 1.57. The smallest absolute Gasteiger partial charge is 0.265 e. The van der Waals surface area contributed by atoms with E-state index in [2.05, 4.69) is 43.4 Å². The minimum Gasteiger partial charge on any atom is -0.491 e. The number of rotatable bonds is 9. The lowest BCUT2D eigenvalue weighted by molar-refractivity contribution is -0.127. The number of nitrogen functional groups attached to an aromatic ring is 1. The van der Waals surface area contributed by atoms with Gasteiger partial charge in [0.2, 0.25) is 5.91 Å². The number of piperidine rings is 1. The predicted molar refractivity (Wildman–Crippen MR) is 161 cm³/mol. The van der Waals surface area contributed by atoms with Gasteiger partial charge in [0, 0.05) is 50.6 Å². The SMILES string of the molecule is CC(=O)N1CC=C(c2cc(N3CCC[C@@H](NC(=O)c4sc(C5CC5)cc4OCCN(C)C)C3)c3c(N)ncnn23)C1. The second-order valence-corrected chi connectivity index (χ2v) is 12.6. The zero-order valence-electron chi connectivity index (χ0n) is 23.9. The van der Waals surface area contributed by atoms with Gasteiger partial charge in [-0.3, -0.25) is 9.59 Å². The summed E-state index contributed by atoms with van der Waals surface area (Å²) in [7, 11) is 4.02. The van der Waals surface area contributed by atoms with E-state index < -0.39 is 0 Å². The Balaban J connectivity index is 1.21. The van der Waals surface area contributed by atoms with E-state index in [0.29, 0.717) is 48.6 Å². The van der Waals surface area contributed by atoms with Crippen molar-refractivity contribution < 1.29 is 14.3 Å². The standard InChI is InChI=1S/C29H38N8O3S/c1-18(38)35-10-8-20(15-35)22-13-23(26-28(30)31-17-32-37(22)26)36-9-4-5-21(16-36)33-29(39)27-24(40-12-11-34(2)3)14-25(41-27)19-6-7-19/h8,13-14,17,19,21H,4-7,9-12,15-16H2,1-3H3,(H,33,39)(H2,30,31,32)/t21-/m1/s1. The Morgan fingerprint density at radius 1 is 1.24 bits per heavy atom. The summed E-state index contributed by atoms with van der Waals surface area (Å²) < 4.78 is 7.91. The molecule has 3 N–H and O–H groups in total. The quantitative estimate of drug-likeness (QED) is 0.398. The van der Waals surface area contributed by atoms with Crippen LogP contribution in [0.1, 0.15) is 58.8 Å². The number of anilines is 2. The summed E-state index contributed by atoms with van der Waals surface area (Å²) in [6.07, 6.45) is 7.71. The fourth-order valence-electron chi connectivity index (χ4n) is 5.63. The highest BCUT2D eigenvalue weighted by Gasteiger charge is 2.31. The minimum atomic E-state index is -0.0701. The zero-order chi connectivity index (χ0) is 28.7. The van der Waals surface area contributed by atoms with Crippen LogP contribution in [0.15, 0.2) is 24.5 Å². The summed E-state index contributed by atoms with van der Waals surface area (Å²) in [6.45, 7) is 5.51. The predicted octanol–water partition coefficient (Wildman–Crippen LogP) is 2.84. The van der Waals surface area contributed by atoms with Crippen molar-refractivity contribution in [2.24, 2.45) is 0 Å². The topological polar surface area (TPSA) is 121 Å². The Morgan fingerprint density at radius 3 is 2.80 bits per heavy atom. The molecule has 6 rings (SSSR count). The van der Waals surface area contributed by atoms with Gasteiger partial charge in [-0.05, 0) is 63.4 Å². The van der Waals surface area contributed by atoms with Crippen LogP contribution >= 0.6 is 11.3 Å². The number of aromatic nitrogens is 3. The Labute approximate surface area is 243 Å². The van der Waals surface area contributed by atoms with Gasteiger partial charge in [-0.2, -0.15) is 5.10 Å². The third kappa shape index (κ3) is 5.76. The lowest BCUT2D eigenvalue weighted by Crippen LogP contribution is -2.47. The van der Waals surface area contributed by atoms with E-state index in [1.54, 1.807) is 23.2 Å². The van der Waals surface area contributed by atoms with Gasteiger partial charge in [0.1, 0.15) is 29.1 Å². The van der Waals surface area contributed by atoms with Crippen LogP contribution in [0.4, 0.5) is 11.5 Å². The van der Waals surface area contributed by atoms with Crippen molar-refractivity contribution in [3.63, 3.8) is 0 Å². The van der Waals surface area contributed by atoms with Crippen LogP contribution in [0, 0.1) is 0 Å². The number of ether oxygens (including phenoxy) is 1. The van der Waals surface area contributed by atoms with Crippen molar-refractivity contribution in [3.05, 3.63) is 40.0 Å². The molecule has 3 aromatic heterocycles. The third-order valence-electron chi connectivity index (χ3n) is 8.05. The maximum atomic E-state index is 13.6. The third-order valence-corrected chi connectivity index (χ3v) is 9.33. The van der Waals surface area contributed by atoms with Gasteiger partial charge in [0.15, 0.2) is 5.82 Å².